The van der Waals surface area contributed by atoms with Crippen molar-refractivity contribution in [1.29, 1.82) is 0 Å². The van der Waals surface area contributed by atoms with Crippen molar-refractivity contribution >= 4 is 5.82 Å². The third-order valence-electron chi connectivity index (χ3n) is 5.65. The summed E-state index contributed by atoms with van der Waals surface area (Å²) in [6, 6.07) is 11.2. The molecule has 1 aromatic heterocycles. The van der Waals surface area contributed by atoms with Gasteiger partial charge in [-0.2, -0.15) is 5.10 Å². The van der Waals surface area contributed by atoms with Crippen LogP contribution in [0.4, 0.5) is 5.82 Å². The SMILES string of the molecule is C[C@H]1CCCN(Cc2ccc(CNC[C@@H]3CNc4ccnn4C3)cc2)C1. The molecule has 2 aliphatic heterocycles. The van der Waals surface area contributed by atoms with Gasteiger partial charge in [0.15, 0.2) is 0 Å². The topological polar surface area (TPSA) is 45.1 Å². The van der Waals surface area contributed by atoms with Crippen molar-refractivity contribution < 1.29 is 0 Å². The molecule has 2 aliphatic rings. The molecular formula is C21H31N5. The summed E-state index contributed by atoms with van der Waals surface area (Å²) in [5.41, 5.74) is 2.80. The number of piperidine rings is 1. The van der Waals surface area contributed by atoms with E-state index in [9.17, 15) is 0 Å². The second-order valence-corrected chi connectivity index (χ2v) is 8.08. The van der Waals surface area contributed by atoms with Crippen molar-refractivity contribution in [3.8, 4) is 0 Å². The van der Waals surface area contributed by atoms with E-state index in [4.69, 9.17) is 0 Å². The second kappa shape index (κ2) is 8.23. The van der Waals surface area contributed by atoms with E-state index in [-0.39, 0.29) is 0 Å². The van der Waals surface area contributed by atoms with E-state index in [1.54, 1.807) is 0 Å². The van der Waals surface area contributed by atoms with Crippen molar-refractivity contribution in [2.24, 2.45) is 11.8 Å². The quantitative estimate of drug-likeness (QED) is 0.838. The van der Waals surface area contributed by atoms with E-state index in [1.165, 1.54) is 37.1 Å². The standard InChI is InChI=1S/C21H31N5/c1-17-3-2-10-25(14-17)15-19-6-4-18(5-7-19)11-22-12-20-13-23-21-8-9-24-26(21)16-20/h4-9,17,20,22-23H,2-3,10-16H2,1H3/t17-,20+/m0/s1. The molecule has 0 saturated carbocycles. The van der Waals surface area contributed by atoms with Gasteiger partial charge >= 0.3 is 0 Å². The Balaban J connectivity index is 1.21. The Kier molecular flexibility index (Phi) is 5.56. The molecule has 2 N–H and O–H groups in total. The van der Waals surface area contributed by atoms with Gasteiger partial charge < -0.3 is 10.6 Å². The Labute approximate surface area is 156 Å². The molecule has 4 rings (SSSR count). The van der Waals surface area contributed by atoms with Gasteiger partial charge in [-0.1, -0.05) is 31.2 Å². The molecule has 0 bridgehead atoms. The molecule has 1 fully saturated rings. The largest absolute Gasteiger partial charge is 0.370 e. The van der Waals surface area contributed by atoms with Crippen molar-refractivity contribution in [3.05, 3.63) is 47.7 Å². The molecule has 1 saturated heterocycles. The normalized spacial score (nSPS) is 23.4. The number of nitrogens with zero attached hydrogens (tertiary/aromatic N) is 3. The first kappa shape index (κ1) is 17.6. The highest BCUT2D eigenvalue weighted by atomic mass is 15.3. The number of fused-ring (bicyclic) bond motifs is 1. The molecule has 5 nitrogen and oxygen atoms in total. The van der Waals surface area contributed by atoms with Gasteiger partial charge in [-0.15, -0.1) is 0 Å². The molecule has 0 radical (unpaired) electrons. The number of anilines is 1. The van der Waals surface area contributed by atoms with E-state index in [0.717, 1.165) is 44.5 Å². The highest BCUT2D eigenvalue weighted by molar-refractivity contribution is 5.35. The Morgan fingerprint density at radius 2 is 2.00 bits per heavy atom. The first-order valence-electron chi connectivity index (χ1n) is 10.0. The van der Waals surface area contributed by atoms with E-state index in [1.807, 2.05) is 12.3 Å². The highest BCUT2D eigenvalue weighted by Crippen LogP contribution is 2.18. The first-order valence-corrected chi connectivity index (χ1v) is 10.0. The molecule has 140 valence electrons. The third kappa shape index (κ3) is 4.46. The predicted octanol–water partition coefficient (Wildman–Crippen LogP) is 2.95. The van der Waals surface area contributed by atoms with E-state index < -0.39 is 0 Å². The van der Waals surface area contributed by atoms with Crippen LogP contribution in [0.3, 0.4) is 0 Å². The average molecular weight is 354 g/mol. The number of aromatic nitrogens is 2. The molecule has 0 aliphatic carbocycles. The maximum atomic E-state index is 4.36. The number of nitrogens with one attached hydrogen (secondary N) is 2. The molecule has 3 heterocycles. The van der Waals surface area contributed by atoms with Crippen LogP contribution in [0, 0.1) is 11.8 Å². The zero-order chi connectivity index (χ0) is 17.8. The number of benzene rings is 1. The summed E-state index contributed by atoms with van der Waals surface area (Å²) >= 11 is 0. The van der Waals surface area contributed by atoms with Gasteiger partial charge in [0, 0.05) is 51.3 Å². The van der Waals surface area contributed by atoms with E-state index in [0.29, 0.717) is 5.92 Å². The van der Waals surface area contributed by atoms with Gasteiger partial charge in [0.25, 0.3) is 0 Å². The monoisotopic (exact) mass is 353 g/mol. The van der Waals surface area contributed by atoms with E-state index in [2.05, 4.69) is 56.5 Å². The van der Waals surface area contributed by atoms with Gasteiger partial charge in [-0.05, 0) is 36.4 Å². The molecule has 26 heavy (non-hydrogen) atoms. The van der Waals surface area contributed by atoms with Gasteiger partial charge in [0.05, 0.1) is 6.20 Å². The number of hydrogen-bond donors (Lipinski definition) is 2. The van der Waals surface area contributed by atoms with Gasteiger partial charge in [0.1, 0.15) is 5.82 Å². The number of rotatable bonds is 6. The first-order chi connectivity index (χ1) is 12.8. The van der Waals surface area contributed by atoms with Crippen LogP contribution < -0.4 is 10.6 Å². The van der Waals surface area contributed by atoms with Gasteiger partial charge in [-0.25, -0.2) is 4.68 Å². The van der Waals surface area contributed by atoms with Crippen molar-refractivity contribution in [2.45, 2.75) is 39.4 Å². The minimum atomic E-state index is 0.586. The average Bonchev–Trinajstić information content (AvgIpc) is 3.11. The number of hydrogen-bond acceptors (Lipinski definition) is 4. The Morgan fingerprint density at radius 3 is 2.85 bits per heavy atom. The molecule has 2 aromatic rings. The second-order valence-electron chi connectivity index (χ2n) is 8.08. The fourth-order valence-electron chi connectivity index (χ4n) is 4.19. The molecule has 2 atom stereocenters. The van der Waals surface area contributed by atoms with Gasteiger partial charge in [-0.3, -0.25) is 4.90 Å². The number of likely N-dealkylation sites (tertiary alicyclic amines) is 1. The minimum absolute atomic E-state index is 0.586. The van der Waals surface area contributed by atoms with Crippen LogP contribution in [0.1, 0.15) is 30.9 Å². The zero-order valence-corrected chi connectivity index (χ0v) is 15.8. The lowest BCUT2D eigenvalue weighted by atomic mass is 9.99. The maximum absolute atomic E-state index is 4.36. The maximum Gasteiger partial charge on any atom is 0.124 e. The molecule has 0 spiro atoms. The summed E-state index contributed by atoms with van der Waals surface area (Å²) in [5.74, 6) is 2.57. The lowest BCUT2D eigenvalue weighted by Crippen LogP contribution is -2.35. The van der Waals surface area contributed by atoms with Crippen molar-refractivity contribution in [2.75, 3.05) is 31.5 Å². The Morgan fingerprint density at radius 1 is 1.15 bits per heavy atom. The fraction of sp³-hybridized carbons (Fsp3) is 0.571. The molecule has 0 unspecified atom stereocenters. The van der Waals surface area contributed by atoms with Crippen LogP contribution in [0.5, 0.6) is 0 Å². The summed E-state index contributed by atoms with van der Waals surface area (Å²) in [6.07, 6.45) is 4.60. The van der Waals surface area contributed by atoms with E-state index >= 15 is 0 Å². The molecular weight excluding hydrogens is 322 g/mol. The van der Waals surface area contributed by atoms with Crippen LogP contribution in [-0.2, 0) is 19.6 Å². The third-order valence-corrected chi connectivity index (χ3v) is 5.65. The summed E-state index contributed by atoms with van der Waals surface area (Å²) in [6.45, 7) is 9.93. The van der Waals surface area contributed by atoms with Crippen LogP contribution >= 0.6 is 0 Å². The lowest BCUT2D eigenvalue weighted by Gasteiger charge is -2.30. The van der Waals surface area contributed by atoms with Crippen LogP contribution in [0.25, 0.3) is 0 Å². The Hall–Kier alpha value is -1.85. The van der Waals surface area contributed by atoms with Crippen LogP contribution in [0.15, 0.2) is 36.5 Å². The molecule has 1 aromatic carbocycles. The van der Waals surface area contributed by atoms with Gasteiger partial charge in [0.2, 0.25) is 0 Å². The zero-order valence-electron chi connectivity index (χ0n) is 15.8. The highest BCUT2D eigenvalue weighted by Gasteiger charge is 2.18. The summed E-state index contributed by atoms with van der Waals surface area (Å²) in [5, 5.41) is 11.4. The lowest BCUT2D eigenvalue weighted by molar-refractivity contribution is 0.176. The van der Waals surface area contributed by atoms with Crippen molar-refractivity contribution in [1.82, 2.24) is 20.0 Å². The summed E-state index contributed by atoms with van der Waals surface area (Å²) in [7, 11) is 0. The Bertz CT molecular complexity index is 693. The summed E-state index contributed by atoms with van der Waals surface area (Å²) < 4.78 is 2.06. The molecule has 5 heteroatoms. The van der Waals surface area contributed by atoms with Crippen LogP contribution in [0.2, 0.25) is 0 Å². The smallest absolute Gasteiger partial charge is 0.124 e. The summed E-state index contributed by atoms with van der Waals surface area (Å²) in [4.78, 5) is 2.60. The van der Waals surface area contributed by atoms with Crippen molar-refractivity contribution in [3.63, 3.8) is 0 Å². The van der Waals surface area contributed by atoms with Crippen LogP contribution in [-0.4, -0.2) is 40.9 Å². The fourth-order valence-corrected chi connectivity index (χ4v) is 4.19. The molecule has 0 amide bonds. The minimum Gasteiger partial charge on any atom is -0.370 e. The predicted molar refractivity (Wildman–Crippen MR) is 106 cm³/mol.